The van der Waals surface area contributed by atoms with Crippen LogP contribution in [0.25, 0.3) is 5.01 Å². The van der Waals surface area contributed by atoms with Gasteiger partial charge in [-0.05, 0) is 39.7 Å². The van der Waals surface area contributed by atoms with Crippen LogP contribution in [0.3, 0.4) is 0 Å². The molecule has 2 radical (unpaired) electrons. The van der Waals surface area contributed by atoms with Crippen LogP contribution >= 0.6 is 0 Å². The second-order valence-corrected chi connectivity index (χ2v) is 9.28. The lowest BCUT2D eigenvalue weighted by Gasteiger charge is -2.31. The quantitative estimate of drug-likeness (QED) is 0.422. The minimum atomic E-state index is -0.658. The molecule has 7 nitrogen and oxygen atoms in total. The molecule has 0 saturated carbocycles. The standard InChI is InChI=1S/C21H29N2O5Si/c1-5-26-19(24)18-11-12-29-17(14-23(18)20(25)28-21(2,3)4)13-22-27-15-16-9-7-6-8-10-16/h6-10,17-18H,5,11-12,14-15H2,1-4H3/q+1/t17?,18-/m1/s1. The third-order valence-electron chi connectivity index (χ3n) is 4.10. The minimum absolute atomic E-state index is 0.127. The van der Waals surface area contributed by atoms with E-state index in [2.05, 4.69) is 11.1 Å². The average molecular weight is 418 g/mol. The summed E-state index contributed by atoms with van der Waals surface area (Å²) in [6.07, 6.45) is -0.00111. The Morgan fingerprint density at radius 1 is 1.28 bits per heavy atom. The highest BCUT2D eigenvalue weighted by Gasteiger charge is 2.38. The molecular weight excluding hydrogens is 388 g/mol. The molecule has 29 heavy (non-hydrogen) atoms. The molecule has 0 aliphatic carbocycles. The normalized spacial score (nSPS) is 19.4. The van der Waals surface area contributed by atoms with Crippen LogP contribution in [0.4, 0.5) is 4.79 Å². The molecule has 1 heterocycles. The topological polar surface area (TPSA) is 69.4 Å². The molecule has 0 aromatic heterocycles. The number of esters is 1. The van der Waals surface area contributed by atoms with Gasteiger partial charge in [-0.25, -0.2) is 9.59 Å². The van der Waals surface area contributed by atoms with Gasteiger partial charge in [-0.15, -0.1) is 0 Å². The summed E-state index contributed by atoms with van der Waals surface area (Å²) in [5, 5.41) is 3.97. The SMILES string of the molecule is CCOC(=O)[C@H]1CC[Si]C(C#[N+]OCc2ccccc2)CN1C(=O)OC(C)(C)C. The second kappa shape index (κ2) is 10.9. The zero-order chi connectivity index (χ0) is 21.3. The predicted octanol–water partition coefficient (Wildman–Crippen LogP) is 3.93. The third-order valence-corrected chi connectivity index (χ3v) is 5.48. The molecule has 1 aliphatic rings. The van der Waals surface area contributed by atoms with Crippen LogP contribution in [-0.2, 0) is 25.7 Å². The van der Waals surface area contributed by atoms with Crippen LogP contribution < -0.4 is 0 Å². The van der Waals surface area contributed by atoms with E-state index < -0.39 is 23.7 Å². The maximum absolute atomic E-state index is 12.8. The summed E-state index contributed by atoms with van der Waals surface area (Å²) in [7, 11) is 0.469. The lowest BCUT2D eigenvalue weighted by atomic mass is 10.2. The first-order valence-corrected chi connectivity index (χ1v) is 11.1. The molecule has 1 aromatic rings. The van der Waals surface area contributed by atoms with Gasteiger partial charge in [0.1, 0.15) is 17.2 Å². The van der Waals surface area contributed by atoms with Crippen molar-refractivity contribution in [2.24, 2.45) is 0 Å². The zero-order valence-corrected chi connectivity index (χ0v) is 18.5. The Bertz CT molecular complexity index is 739. The van der Waals surface area contributed by atoms with Gasteiger partial charge in [0.2, 0.25) is 11.6 Å². The average Bonchev–Trinajstić information content (AvgIpc) is 2.88. The van der Waals surface area contributed by atoms with Crippen molar-refractivity contribution in [1.29, 1.82) is 0 Å². The summed E-state index contributed by atoms with van der Waals surface area (Å²) >= 11 is 0. The van der Waals surface area contributed by atoms with E-state index in [0.717, 1.165) is 11.6 Å². The lowest BCUT2D eigenvalue weighted by molar-refractivity contribution is -0.149. The van der Waals surface area contributed by atoms with E-state index in [1.54, 1.807) is 27.7 Å². The summed E-state index contributed by atoms with van der Waals surface area (Å²) in [6, 6.07) is 12.8. The van der Waals surface area contributed by atoms with Crippen molar-refractivity contribution >= 4 is 21.6 Å². The van der Waals surface area contributed by atoms with E-state index in [4.69, 9.17) is 14.3 Å². The molecule has 2 rings (SSSR count). The van der Waals surface area contributed by atoms with Crippen molar-refractivity contribution in [1.82, 2.24) is 4.90 Å². The summed E-state index contributed by atoms with van der Waals surface area (Å²) in [5.41, 5.74) is 0.230. The molecule has 1 aromatic carbocycles. The number of carbonyl (C=O) groups is 2. The van der Waals surface area contributed by atoms with Crippen molar-refractivity contribution < 1.29 is 23.9 Å². The summed E-state index contributed by atoms with van der Waals surface area (Å²) in [4.78, 5) is 32.0. The molecule has 1 unspecified atom stereocenters. The molecular formula is C21H29N2O5Si+. The second-order valence-electron chi connectivity index (χ2n) is 7.68. The van der Waals surface area contributed by atoms with Crippen LogP contribution in [0.15, 0.2) is 30.3 Å². The molecule has 0 bridgehead atoms. The molecule has 1 amide bonds. The Morgan fingerprint density at radius 3 is 2.66 bits per heavy atom. The molecule has 1 aliphatic heterocycles. The molecule has 1 fully saturated rings. The number of nitrogens with zero attached hydrogens (tertiary/aromatic N) is 2. The number of ether oxygens (including phenoxy) is 2. The Hall–Kier alpha value is -2.53. The number of benzene rings is 1. The number of carbonyl (C=O) groups excluding carboxylic acids is 2. The van der Waals surface area contributed by atoms with E-state index in [9.17, 15) is 9.59 Å². The van der Waals surface area contributed by atoms with Crippen LogP contribution in [0.1, 0.15) is 39.7 Å². The summed E-state index contributed by atoms with van der Waals surface area (Å²) < 4.78 is 10.7. The van der Waals surface area contributed by atoms with Crippen molar-refractivity contribution in [2.45, 2.75) is 64.0 Å². The van der Waals surface area contributed by atoms with E-state index in [1.165, 1.54) is 4.90 Å². The van der Waals surface area contributed by atoms with Gasteiger partial charge in [-0.3, -0.25) is 4.90 Å². The highest BCUT2D eigenvalue weighted by atomic mass is 28.2. The smallest absolute Gasteiger partial charge is 0.411 e. The molecule has 8 heteroatoms. The molecule has 0 N–H and O–H groups in total. The molecule has 1 saturated heterocycles. The van der Waals surface area contributed by atoms with Gasteiger partial charge in [0, 0.05) is 6.54 Å². The largest absolute Gasteiger partial charge is 0.464 e. The van der Waals surface area contributed by atoms with Gasteiger partial charge in [0.05, 0.1) is 16.1 Å². The number of hydrogen-bond acceptors (Lipinski definition) is 5. The van der Waals surface area contributed by atoms with Gasteiger partial charge < -0.3 is 9.47 Å². The zero-order valence-electron chi connectivity index (χ0n) is 17.5. The van der Waals surface area contributed by atoms with Gasteiger partial charge in [-0.1, -0.05) is 36.4 Å². The monoisotopic (exact) mass is 417 g/mol. The molecule has 2 atom stereocenters. The molecule has 156 valence electrons. The number of amides is 1. The fourth-order valence-electron chi connectivity index (χ4n) is 2.81. The maximum atomic E-state index is 12.8. The Balaban J connectivity index is 2.07. The van der Waals surface area contributed by atoms with Gasteiger partial charge >= 0.3 is 18.1 Å². The molecule has 0 spiro atoms. The predicted molar refractivity (Wildman–Crippen MR) is 111 cm³/mol. The summed E-state index contributed by atoms with van der Waals surface area (Å²) in [6.45, 7) is 8.05. The van der Waals surface area contributed by atoms with E-state index >= 15 is 0 Å². The first-order chi connectivity index (χ1) is 13.8. The van der Waals surface area contributed by atoms with Crippen molar-refractivity contribution in [3.63, 3.8) is 0 Å². The van der Waals surface area contributed by atoms with Gasteiger partial charge in [0.15, 0.2) is 0 Å². The fourth-order valence-corrected chi connectivity index (χ4v) is 4.07. The highest BCUT2D eigenvalue weighted by molar-refractivity contribution is 6.39. The Morgan fingerprint density at radius 2 is 2.00 bits per heavy atom. The van der Waals surface area contributed by atoms with Crippen LogP contribution in [-0.4, -0.2) is 51.3 Å². The van der Waals surface area contributed by atoms with E-state index in [-0.39, 0.29) is 18.7 Å². The summed E-state index contributed by atoms with van der Waals surface area (Å²) in [5.74, 6) is -0.402. The third kappa shape index (κ3) is 7.78. The highest BCUT2D eigenvalue weighted by Crippen LogP contribution is 2.23. The Kier molecular flexibility index (Phi) is 8.52. The maximum Gasteiger partial charge on any atom is 0.411 e. The van der Waals surface area contributed by atoms with E-state index in [1.807, 2.05) is 30.3 Å². The Labute approximate surface area is 174 Å². The first kappa shape index (κ1) is 22.8. The van der Waals surface area contributed by atoms with Crippen LogP contribution in [0.2, 0.25) is 11.6 Å². The van der Waals surface area contributed by atoms with Gasteiger partial charge in [0.25, 0.3) is 0 Å². The van der Waals surface area contributed by atoms with Crippen molar-refractivity contribution in [3.8, 4) is 6.07 Å². The number of hydrogen-bond donors (Lipinski definition) is 0. The first-order valence-electron chi connectivity index (χ1n) is 9.81. The van der Waals surface area contributed by atoms with Crippen LogP contribution in [0, 0.1) is 6.07 Å². The lowest BCUT2D eigenvalue weighted by Crippen LogP contribution is -2.48. The minimum Gasteiger partial charge on any atom is -0.464 e. The van der Waals surface area contributed by atoms with Crippen molar-refractivity contribution in [3.05, 3.63) is 40.9 Å². The van der Waals surface area contributed by atoms with E-state index in [0.29, 0.717) is 22.5 Å². The fraction of sp³-hybridized carbons (Fsp3) is 0.571. The van der Waals surface area contributed by atoms with Gasteiger partial charge in [-0.2, -0.15) is 4.84 Å². The van der Waals surface area contributed by atoms with Crippen LogP contribution in [0.5, 0.6) is 0 Å². The number of rotatable bonds is 4. The van der Waals surface area contributed by atoms with Crippen molar-refractivity contribution in [2.75, 3.05) is 13.2 Å².